The number of halogens is 1. The topological polar surface area (TPSA) is 79.3 Å². The molecule has 80 valence electrons. The third-order valence-corrected chi connectivity index (χ3v) is 1.78. The Bertz CT molecular complexity index is 386. The molecular formula is C9H9ClN2O3. The number of aliphatic carboxylic acids is 1. The summed E-state index contributed by atoms with van der Waals surface area (Å²) in [7, 11) is 0. The lowest BCUT2D eigenvalue weighted by Gasteiger charge is -2.03. The standard InChI is InChI=1S/C9H9ClN2O3/c1-5-2-6(3-7(10)12-5)9(15)11-4-8(13)14/h2-3H,4H2,1H3,(H,11,15)(H,13,14). The highest BCUT2D eigenvalue weighted by Gasteiger charge is 2.08. The quantitative estimate of drug-likeness (QED) is 0.752. The van der Waals surface area contributed by atoms with Crippen LogP contribution in [0.15, 0.2) is 12.1 Å². The largest absolute Gasteiger partial charge is 0.480 e. The number of carboxylic acids is 1. The number of rotatable bonds is 3. The molecule has 0 aliphatic rings. The Morgan fingerprint density at radius 3 is 2.73 bits per heavy atom. The van der Waals surface area contributed by atoms with E-state index in [0.29, 0.717) is 11.3 Å². The summed E-state index contributed by atoms with van der Waals surface area (Å²) < 4.78 is 0. The summed E-state index contributed by atoms with van der Waals surface area (Å²) in [5.41, 5.74) is 0.900. The maximum Gasteiger partial charge on any atom is 0.322 e. The van der Waals surface area contributed by atoms with Gasteiger partial charge in [0, 0.05) is 11.3 Å². The first-order valence-corrected chi connectivity index (χ1v) is 4.51. The molecule has 0 saturated heterocycles. The van der Waals surface area contributed by atoms with Crippen LogP contribution in [0.1, 0.15) is 16.1 Å². The number of carboxylic acid groups (broad SMARTS) is 1. The molecule has 0 spiro atoms. The number of carbonyl (C=O) groups is 2. The van der Waals surface area contributed by atoms with E-state index in [2.05, 4.69) is 10.3 Å². The maximum atomic E-state index is 11.4. The number of pyridine rings is 1. The Balaban J connectivity index is 2.77. The molecule has 0 aromatic carbocycles. The van der Waals surface area contributed by atoms with E-state index in [-0.39, 0.29) is 5.15 Å². The fourth-order valence-corrected chi connectivity index (χ4v) is 1.27. The molecule has 2 N–H and O–H groups in total. The van der Waals surface area contributed by atoms with Crippen molar-refractivity contribution >= 4 is 23.5 Å². The highest BCUT2D eigenvalue weighted by atomic mass is 35.5. The molecule has 0 atom stereocenters. The van der Waals surface area contributed by atoms with Gasteiger partial charge in [-0.25, -0.2) is 4.98 Å². The maximum absolute atomic E-state index is 11.4. The van der Waals surface area contributed by atoms with Gasteiger partial charge >= 0.3 is 5.97 Å². The molecule has 1 aromatic rings. The van der Waals surface area contributed by atoms with Gasteiger partial charge in [0.2, 0.25) is 0 Å². The van der Waals surface area contributed by atoms with Gasteiger partial charge in [-0.15, -0.1) is 0 Å². The predicted octanol–water partition coefficient (Wildman–Crippen LogP) is 0.858. The number of aryl methyl sites for hydroxylation is 1. The Hall–Kier alpha value is -1.62. The lowest BCUT2D eigenvalue weighted by atomic mass is 10.2. The molecule has 6 heteroatoms. The second kappa shape index (κ2) is 4.75. The Morgan fingerprint density at radius 1 is 1.53 bits per heavy atom. The molecule has 0 saturated carbocycles. The summed E-state index contributed by atoms with van der Waals surface area (Å²) in [5, 5.41) is 10.8. The first kappa shape index (κ1) is 11.5. The molecule has 0 bridgehead atoms. The molecule has 1 aromatic heterocycles. The van der Waals surface area contributed by atoms with Crippen molar-refractivity contribution in [3.63, 3.8) is 0 Å². The number of nitrogens with one attached hydrogen (secondary N) is 1. The van der Waals surface area contributed by atoms with Crippen molar-refractivity contribution < 1.29 is 14.7 Å². The second-order valence-corrected chi connectivity index (χ2v) is 3.28. The minimum atomic E-state index is -1.10. The summed E-state index contributed by atoms with van der Waals surface area (Å²) >= 11 is 5.65. The second-order valence-electron chi connectivity index (χ2n) is 2.90. The molecule has 1 amide bonds. The van der Waals surface area contributed by atoms with Gasteiger partial charge in [0.1, 0.15) is 11.7 Å². The summed E-state index contributed by atoms with van der Waals surface area (Å²) in [6.07, 6.45) is 0. The van der Waals surface area contributed by atoms with E-state index in [1.807, 2.05) is 0 Å². The lowest BCUT2D eigenvalue weighted by Crippen LogP contribution is -2.29. The normalized spacial score (nSPS) is 9.73. The first-order chi connectivity index (χ1) is 6.99. The lowest BCUT2D eigenvalue weighted by molar-refractivity contribution is -0.135. The van der Waals surface area contributed by atoms with Gasteiger partial charge in [0.05, 0.1) is 0 Å². The number of hydrogen-bond donors (Lipinski definition) is 2. The van der Waals surface area contributed by atoms with Crippen LogP contribution < -0.4 is 5.32 Å². The van der Waals surface area contributed by atoms with Gasteiger partial charge in [0.15, 0.2) is 0 Å². The Labute approximate surface area is 91.1 Å². The van der Waals surface area contributed by atoms with E-state index in [1.165, 1.54) is 12.1 Å². The van der Waals surface area contributed by atoms with E-state index in [4.69, 9.17) is 16.7 Å². The third-order valence-electron chi connectivity index (χ3n) is 1.58. The summed E-state index contributed by atoms with van der Waals surface area (Å²) in [4.78, 5) is 25.5. The molecule has 15 heavy (non-hydrogen) atoms. The molecule has 0 aliphatic heterocycles. The van der Waals surface area contributed by atoms with Crippen molar-refractivity contribution in [3.8, 4) is 0 Å². The molecule has 1 rings (SSSR count). The highest BCUT2D eigenvalue weighted by molar-refractivity contribution is 6.29. The van der Waals surface area contributed by atoms with E-state index >= 15 is 0 Å². The van der Waals surface area contributed by atoms with Crippen LogP contribution in [0.25, 0.3) is 0 Å². The van der Waals surface area contributed by atoms with Crippen molar-refractivity contribution in [2.24, 2.45) is 0 Å². The number of aromatic nitrogens is 1. The van der Waals surface area contributed by atoms with Gasteiger partial charge < -0.3 is 10.4 Å². The Morgan fingerprint density at radius 2 is 2.20 bits per heavy atom. The smallest absolute Gasteiger partial charge is 0.322 e. The summed E-state index contributed by atoms with van der Waals surface area (Å²) in [6, 6.07) is 2.91. The van der Waals surface area contributed by atoms with Crippen LogP contribution in [-0.2, 0) is 4.79 Å². The van der Waals surface area contributed by atoms with Gasteiger partial charge in [-0.05, 0) is 19.1 Å². The fourth-order valence-electron chi connectivity index (χ4n) is 1.02. The molecule has 0 unspecified atom stereocenters. The van der Waals surface area contributed by atoms with Crippen LogP contribution in [0, 0.1) is 6.92 Å². The van der Waals surface area contributed by atoms with Crippen molar-refractivity contribution in [2.75, 3.05) is 6.54 Å². The zero-order chi connectivity index (χ0) is 11.4. The summed E-state index contributed by atoms with van der Waals surface area (Å²) in [6.45, 7) is 1.28. The van der Waals surface area contributed by atoms with E-state index < -0.39 is 18.4 Å². The number of hydrogen-bond acceptors (Lipinski definition) is 3. The highest BCUT2D eigenvalue weighted by Crippen LogP contribution is 2.09. The minimum absolute atomic E-state index is 0.204. The van der Waals surface area contributed by atoms with Gasteiger partial charge in [-0.3, -0.25) is 9.59 Å². The number of nitrogens with zero attached hydrogens (tertiary/aromatic N) is 1. The van der Waals surface area contributed by atoms with E-state index in [1.54, 1.807) is 6.92 Å². The van der Waals surface area contributed by atoms with Gasteiger partial charge in [0.25, 0.3) is 5.91 Å². The van der Waals surface area contributed by atoms with Crippen LogP contribution in [0.4, 0.5) is 0 Å². The average molecular weight is 229 g/mol. The van der Waals surface area contributed by atoms with E-state index in [9.17, 15) is 9.59 Å². The monoisotopic (exact) mass is 228 g/mol. The molecule has 0 radical (unpaired) electrons. The molecule has 0 aliphatic carbocycles. The molecule has 5 nitrogen and oxygen atoms in total. The summed E-state index contributed by atoms with van der Waals surface area (Å²) in [5.74, 6) is -1.58. The first-order valence-electron chi connectivity index (χ1n) is 4.13. The van der Waals surface area contributed by atoms with Crippen molar-refractivity contribution in [3.05, 3.63) is 28.5 Å². The number of carbonyl (C=O) groups excluding carboxylic acids is 1. The fraction of sp³-hybridized carbons (Fsp3) is 0.222. The van der Waals surface area contributed by atoms with E-state index in [0.717, 1.165) is 0 Å². The predicted molar refractivity (Wildman–Crippen MR) is 54.0 cm³/mol. The zero-order valence-electron chi connectivity index (χ0n) is 7.95. The van der Waals surface area contributed by atoms with Crippen LogP contribution in [0.5, 0.6) is 0 Å². The molecule has 0 fully saturated rings. The van der Waals surface area contributed by atoms with Crippen molar-refractivity contribution in [2.45, 2.75) is 6.92 Å². The van der Waals surface area contributed by atoms with Crippen LogP contribution >= 0.6 is 11.6 Å². The molecular weight excluding hydrogens is 220 g/mol. The van der Waals surface area contributed by atoms with Crippen LogP contribution in [0.2, 0.25) is 5.15 Å². The van der Waals surface area contributed by atoms with Crippen LogP contribution in [0.3, 0.4) is 0 Å². The van der Waals surface area contributed by atoms with Gasteiger partial charge in [-0.2, -0.15) is 0 Å². The minimum Gasteiger partial charge on any atom is -0.480 e. The average Bonchev–Trinajstić information content (AvgIpc) is 2.12. The van der Waals surface area contributed by atoms with Gasteiger partial charge in [-0.1, -0.05) is 11.6 Å². The number of amides is 1. The Kier molecular flexibility index (Phi) is 3.62. The molecule has 1 heterocycles. The SMILES string of the molecule is Cc1cc(C(=O)NCC(=O)O)cc(Cl)n1. The zero-order valence-corrected chi connectivity index (χ0v) is 8.71. The third kappa shape index (κ3) is 3.55. The van der Waals surface area contributed by atoms with Crippen molar-refractivity contribution in [1.29, 1.82) is 0 Å². The van der Waals surface area contributed by atoms with Crippen molar-refractivity contribution in [1.82, 2.24) is 10.3 Å². The van der Waals surface area contributed by atoms with Crippen LogP contribution in [-0.4, -0.2) is 28.5 Å².